The van der Waals surface area contributed by atoms with Crippen LogP contribution in [0.2, 0.25) is 0 Å². The maximum atomic E-state index is 13.6. The average Bonchev–Trinajstić information content (AvgIpc) is 2.58. The Labute approximate surface area is 90.8 Å². The van der Waals surface area contributed by atoms with Gasteiger partial charge in [0.05, 0.1) is 19.1 Å². The number of rotatable bonds is 1. The summed E-state index contributed by atoms with van der Waals surface area (Å²) in [6.07, 6.45) is 0.783. The molecule has 1 unspecified atom stereocenters. The molecule has 1 heterocycles. The molecule has 1 aromatic rings. The summed E-state index contributed by atoms with van der Waals surface area (Å²) in [6.45, 7) is 0.574. The minimum absolute atomic E-state index is 0.240. The SMILES string of the molecule is O=S1(c2cccc(Br)c2F)=NCCC1. The minimum Gasteiger partial charge on any atom is -0.245 e. The molecular weight excluding hydrogens is 269 g/mol. The van der Waals surface area contributed by atoms with Crippen LogP contribution in [0.3, 0.4) is 0 Å². The fourth-order valence-electron chi connectivity index (χ4n) is 1.45. The van der Waals surface area contributed by atoms with Crippen LogP contribution in [0.5, 0.6) is 0 Å². The van der Waals surface area contributed by atoms with Gasteiger partial charge in [0.25, 0.3) is 0 Å². The Morgan fingerprint density at radius 2 is 2.29 bits per heavy atom. The third kappa shape index (κ3) is 1.59. The van der Waals surface area contributed by atoms with E-state index in [1.807, 2.05) is 0 Å². The van der Waals surface area contributed by atoms with Crippen LogP contribution in [0, 0.1) is 5.82 Å². The van der Waals surface area contributed by atoms with Crippen molar-refractivity contribution in [3.05, 3.63) is 28.5 Å². The van der Waals surface area contributed by atoms with Crippen LogP contribution >= 0.6 is 15.9 Å². The molecule has 0 bridgehead atoms. The highest BCUT2D eigenvalue weighted by molar-refractivity contribution is 9.10. The van der Waals surface area contributed by atoms with Gasteiger partial charge >= 0.3 is 0 Å². The van der Waals surface area contributed by atoms with E-state index in [4.69, 9.17) is 0 Å². The fraction of sp³-hybridized carbons (Fsp3) is 0.333. The Balaban J connectivity index is 2.63. The molecule has 1 aliphatic rings. The molecule has 0 N–H and O–H groups in total. The molecule has 5 heteroatoms. The second-order valence-electron chi connectivity index (χ2n) is 3.10. The van der Waals surface area contributed by atoms with Crippen molar-refractivity contribution >= 4 is 25.7 Å². The van der Waals surface area contributed by atoms with Crippen molar-refractivity contribution in [2.45, 2.75) is 11.3 Å². The minimum atomic E-state index is -2.47. The summed E-state index contributed by atoms with van der Waals surface area (Å²) in [4.78, 5) is 0.240. The van der Waals surface area contributed by atoms with E-state index in [1.54, 1.807) is 18.2 Å². The summed E-state index contributed by atoms with van der Waals surface area (Å²) in [5, 5.41) is 0. The van der Waals surface area contributed by atoms with Gasteiger partial charge in [-0.1, -0.05) is 6.07 Å². The first-order valence-corrected chi connectivity index (χ1v) is 6.76. The van der Waals surface area contributed by atoms with Gasteiger partial charge in [-0.05, 0) is 34.5 Å². The first-order chi connectivity index (χ1) is 6.63. The van der Waals surface area contributed by atoms with Crippen LogP contribution in [-0.2, 0) is 9.73 Å². The van der Waals surface area contributed by atoms with Crippen LogP contribution in [-0.4, -0.2) is 16.5 Å². The molecule has 0 aliphatic carbocycles. The molecule has 76 valence electrons. The summed E-state index contributed by atoms with van der Waals surface area (Å²) in [7, 11) is -2.47. The van der Waals surface area contributed by atoms with Gasteiger partial charge in [-0.3, -0.25) is 0 Å². The Morgan fingerprint density at radius 1 is 1.50 bits per heavy atom. The maximum Gasteiger partial charge on any atom is 0.154 e. The zero-order valence-electron chi connectivity index (χ0n) is 7.37. The van der Waals surface area contributed by atoms with Gasteiger partial charge in [0.15, 0.2) is 5.82 Å². The van der Waals surface area contributed by atoms with Crippen molar-refractivity contribution in [2.75, 3.05) is 12.3 Å². The van der Waals surface area contributed by atoms with Crippen molar-refractivity contribution in [1.82, 2.24) is 0 Å². The van der Waals surface area contributed by atoms with E-state index in [9.17, 15) is 8.60 Å². The number of halogens is 2. The van der Waals surface area contributed by atoms with Crippen molar-refractivity contribution in [2.24, 2.45) is 4.36 Å². The Bertz CT molecular complexity index is 480. The maximum absolute atomic E-state index is 13.6. The van der Waals surface area contributed by atoms with E-state index < -0.39 is 15.5 Å². The molecule has 0 radical (unpaired) electrons. The van der Waals surface area contributed by atoms with E-state index in [0.717, 1.165) is 6.42 Å². The summed E-state index contributed by atoms with van der Waals surface area (Å²) in [5.41, 5.74) is 0. The molecule has 0 spiro atoms. The van der Waals surface area contributed by atoms with Gasteiger partial charge in [0, 0.05) is 12.3 Å². The van der Waals surface area contributed by atoms with Crippen LogP contribution < -0.4 is 0 Å². The third-order valence-corrected chi connectivity index (χ3v) is 5.20. The van der Waals surface area contributed by atoms with E-state index in [1.165, 1.54) is 0 Å². The molecule has 0 amide bonds. The molecular formula is C9H9BrFNOS. The van der Waals surface area contributed by atoms with Crippen LogP contribution in [0.15, 0.2) is 31.9 Å². The monoisotopic (exact) mass is 277 g/mol. The molecule has 2 nitrogen and oxygen atoms in total. The largest absolute Gasteiger partial charge is 0.245 e. The Morgan fingerprint density at radius 3 is 2.93 bits per heavy atom. The Kier molecular flexibility index (Phi) is 2.62. The smallest absolute Gasteiger partial charge is 0.154 e. The molecule has 1 aromatic carbocycles. The summed E-state index contributed by atoms with van der Waals surface area (Å²) in [5.74, 6) is 0.0311. The van der Waals surface area contributed by atoms with Gasteiger partial charge in [-0.25, -0.2) is 13.0 Å². The highest BCUT2D eigenvalue weighted by Crippen LogP contribution is 2.27. The lowest BCUT2D eigenvalue weighted by Gasteiger charge is -2.06. The molecule has 0 aromatic heterocycles. The van der Waals surface area contributed by atoms with Crippen molar-refractivity contribution in [3.63, 3.8) is 0 Å². The van der Waals surface area contributed by atoms with Crippen LogP contribution in [0.1, 0.15) is 6.42 Å². The number of hydrogen-bond acceptors (Lipinski definition) is 2. The first-order valence-electron chi connectivity index (χ1n) is 4.28. The topological polar surface area (TPSA) is 29.4 Å². The Hall–Kier alpha value is -0.420. The summed E-state index contributed by atoms with van der Waals surface area (Å²) in [6, 6.07) is 4.83. The van der Waals surface area contributed by atoms with Crippen molar-refractivity contribution in [3.8, 4) is 0 Å². The second kappa shape index (κ2) is 3.62. The number of hydrogen-bond donors (Lipinski definition) is 0. The van der Waals surface area contributed by atoms with Crippen molar-refractivity contribution < 1.29 is 8.60 Å². The molecule has 1 aliphatic heterocycles. The summed E-state index contributed by atoms with van der Waals surface area (Å²) < 4.78 is 30.1. The molecule has 0 saturated heterocycles. The quantitative estimate of drug-likeness (QED) is 0.776. The van der Waals surface area contributed by atoms with E-state index in [0.29, 0.717) is 16.8 Å². The van der Waals surface area contributed by atoms with Gasteiger partial charge in [0.2, 0.25) is 0 Å². The highest BCUT2D eigenvalue weighted by Gasteiger charge is 2.21. The second-order valence-corrected chi connectivity index (χ2v) is 6.34. The van der Waals surface area contributed by atoms with Gasteiger partial charge in [-0.15, -0.1) is 0 Å². The zero-order valence-corrected chi connectivity index (χ0v) is 9.78. The van der Waals surface area contributed by atoms with Crippen LogP contribution in [0.25, 0.3) is 0 Å². The predicted octanol–water partition coefficient (Wildman–Crippen LogP) is 2.82. The van der Waals surface area contributed by atoms with Crippen LogP contribution in [0.4, 0.5) is 4.39 Å². The van der Waals surface area contributed by atoms with Gasteiger partial charge in [-0.2, -0.15) is 0 Å². The lowest BCUT2D eigenvalue weighted by atomic mass is 10.3. The average molecular weight is 278 g/mol. The van der Waals surface area contributed by atoms with Gasteiger partial charge in [0.1, 0.15) is 0 Å². The molecule has 14 heavy (non-hydrogen) atoms. The lowest BCUT2D eigenvalue weighted by Crippen LogP contribution is -2.04. The number of nitrogens with zero attached hydrogens (tertiary/aromatic N) is 1. The third-order valence-electron chi connectivity index (χ3n) is 2.14. The standard InChI is InChI=1S/C9H9BrFNOS/c10-7-3-1-4-8(9(7)11)14(13)6-2-5-12-14/h1,3-4H,2,5-6H2. The normalized spacial score (nSPS) is 26.1. The zero-order chi connectivity index (χ0) is 10.2. The van der Waals surface area contributed by atoms with Crippen molar-refractivity contribution in [1.29, 1.82) is 0 Å². The molecule has 0 fully saturated rings. The summed E-state index contributed by atoms with van der Waals surface area (Å²) >= 11 is 3.08. The van der Waals surface area contributed by atoms with E-state index >= 15 is 0 Å². The van der Waals surface area contributed by atoms with Gasteiger partial charge < -0.3 is 0 Å². The molecule has 0 saturated carbocycles. The molecule has 1 atom stereocenters. The van der Waals surface area contributed by atoms with E-state index in [2.05, 4.69) is 20.3 Å². The number of benzene rings is 1. The highest BCUT2D eigenvalue weighted by atomic mass is 79.9. The molecule has 2 rings (SSSR count). The van der Waals surface area contributed by atoms with E-state index in [-0.39, 0.29) is 4.90 Å². The predicted molar refractivity (Wildman–Crippen MR) is 57.3 cm³/mol. The first kappa shape index (κ1) is 10.1. The fourth-order valence-corrected chi connectivity index (χ4v) is 4.06. The lowest BCUT2D eigenvalue weighted by molar-refractivity contribution is 0.588.